The number of aliphatic hydroxyl groups excluding tert-OH is 1. The number of aliphatic hydroxyl groups is 1. The van der Waals surface area contributed by atoms with Crippen LogP contribution in [0.5, 0.6) is 5.75 Å². The van der Waals surface area contributed by atoms with Crippen molar-refractivity contribution in [2.24, 2.45) is 7.05 Å². The smallest absolute Gasteiger partial charge is 0.226 e. The standard InChI is InChI=1S/C16H19IN6O2/c1-9(24)6-19-16-21-14(13-15(22-16)23(2)8-20-13)18-7-10-5-11(17)3-4-12(10)25/h3-5,8-9,24-25H,6-7H2,1-2H3,(H2,18,19,21,22). The molecule has 0 aliphatic heterocycles. The molecule has 1 aromatic carbocycles. The van der Waals surface area contributed by atoms with E-state index in [0.29, 0.717) is 36.0 Å². The molecule has 4 N–H and O–H groups in total. The maximum Gasteiger partial charge on any atom is 0.226 e. The van der Waals surface area contributed by atoms with Gasteiger partial charge in [-0.25, -0.2) is 4.98 Å². The largest absolute Gasteiger partial charge is 0.508 e. The number of fused-ring (bicyclic) bond motifs is 1. The zero-order valence-corrected chi connectivity index (χ0v) is 16.0. The Hall–Kier alpha value is -2.14. The monoisotopic (exact) mass is 454 g/mol. The highest BCUT2D eigenvalue weighted by molar-refractivity contribution is 14.1. The van der Waals surface area contributed by atoms with Crippen LogP contribution in [0.3, 0.4) is 0 Å². The van der Waals surface area contributed by atoms with E-state index >= 15 is 0 Å². The molecule has 25 heavy (non-hydrogen) atoms. The van der Waals surface area contributed by atoms with Gasteiger partial charge in [0.25, 0.3) is 0 Å². The van der Waals surface area contributed by atoms with Crippen molar-refractivity contribution in [1.29, 1.82) is 0 Å². The molecule has 0 amide bonds. The van der Waals surface area contributed by atoms with Crippen LogP contribution in [0.2, 0.25) is 0 Å². The summed E-state index contributed by atoms with van der Waals surface area (Å²) >= 11 is 2.20. The van der Waals surface area contributed by atoms with Crippen molar-refractivity contribution < 1.29 is 10.2 Å². The van der Waals surface area contributed by atoms with Crippen molar-refractivity contribution in [1.82, 2.24) is 19.5 Å². The minimum absolute atomic E-state index is 0.228. The van der Waals surface area contributed by atoms with Crippen molar-refractivity contribution in [3.63, 3.8) is 0 Å². The summed E-state index contributed by atoms with van der Waals surface area (Å²) in [6.45, 7) is 2.44. The number of aryl methyl sites for hydroxylation is 1. The molecule has 0 bridgehead atoms. The van der Waals surface area contributed by atoms with Gasteiger partial charge in [0, 0.05) is 29.3 Å². The quantitative estimate of drug-likeness (QED) is 0.423. The molecule has 1 unspecified atom stereocenters. The SMILES string of the molecule is CC(O)CNc1nc(NCc2cc(I)ccc2O)c2ncn(C)c2n1. The number of anilines is 2. The molecule has 0 saturated carbocycles. The predicted molar refractivity (Wildman–Crippen MR) is 105 cm³/mol. The lowest BCUT2D eigenvalue weighted by atomic mass is 10.2. The van der Waals surface area contributed by atoms with Gasteiger partial charge < -0.3 is 25.4 Å². The van der Waals surface area contributed by atoms with E-state index in [1.807, 2.05) is 19.2 Å². The van der Waals surface area contributed by atoms with Gasteiger partial charge in [-0.1, -0.05) is 0 Å². The minimum Gasteiger partial charge on any atom is -0.508 e. The highest BCUT2D eigenvalue weighted by Crippen LogP contribution is 2.24. The summed E-state index contributed by atoms with van der Waals surface area (Å²) in [6.07, 6.45) is 1.16. The number of nitrogens with one attached hydrogen (secondary N) is 2. The van der Waals surface area contributed by atoms with E-state index in [0.717, 1.165) is 9.13 Å². The Kier molecular flexibility index (Phi) is 5.23. The van der Waals surface area contributed by atoms with Crippen molar-refractivity contribution >= 4 is 45.5 Å². The van der Waals surface area contributed by atoms with E-state index < -0.39 is 6.10 Å². The Morgan fingerprint density at radius 1 is 1.28 bits per heavy atom. The lowest BCUT2D eigenvalue weighted by molar-refractivity contribution is 0.208. The van der Waals surface area contributed by atoms with E-state index in [4.69, 9.17) is 0 Å². The average Bonchev–Trinajstić information content (AvgIpc) is 2.95. The summed E-state index contributed by atoms with van der Waals surface area (Å²) in [6, 6.07) is 5.43. The van der Waals surface area contributed by atoms with Crippen LogP contribution in [0, 0.1) is 3.57 Å². The molecule has 3 rings (SSSR count). The molecule has 2 heterocycles. The first-order valence-electron chi connectivity index (χ1n) is 7.76. The molecule has 0 aliphatic carbocycles. The number of halogens is 1. The lowest BCUT2D eigenvalue weighted by Crippen LogP contribution is -2.17. The Bertz CT molecular complexity index is 896. The zero-order valence-electron chi connectivity index (χ0n) is 13.9. The number of phenols is 1. The molecule has 3 aromatic rings. The van der Waals surface area contributed by atoms with Crippen molar-refractivity contribution in [3.8, 4) is 5.75 Å². The van der Waals surface area contributed by atoms with Crippen molar-refractivity contribution in [3.05, 3.63) is 33.7 Å². The third kappa shape index (κ3) is 4.10. The number of hydrogen-bond donors (Lipinski definition) is 4. The predicted octanol–water partition coefficient (Wildman–Crippen LogP) is 2.08. The van der Waals surface area contributed by atoms with Gasteiger partial charge >= 0.3 is 0 Å². The van der Waals surface area contributed by atoms with Crippen molar-refractivity contribution in [2.75, 3.05) is 17.2 Å². The van der Waals surface area contributed by atoms with E-state index in [1.54, 1.807) is 23.9 Å². The maximum absolute atomic E-state index is 9.99. The first kappa shape index (κ1) is 17.7. The molecule has 2 aromatic heterocycles. The van der Waals surface area contributed by atoms with Crippen LogP contribution in [-0.4, -0.2) is 42.4 Å². The highest BCUT2D eigenvalue weighted by atomic mass is 127. The third-order valence-electron chi connectivity index (χ3n) is 3.60. The van der Waals surface area contributed by atoms with E-state index in [2.05, 4.69) is 48.2 Å². The molecular weight excluding hydrogens is 435 g/mol. The maximum atomic E-state index is 9.99. The number of aromatic nitrogens is 4. The normalized spacial score (nSPS) is 12.3. The summed E-state index contributed by atoms with van der Waals surface area (Å²) in [5, 5.41) is 25.7. The Labute approximate surface area is 158 Å². The highest BCUT2D eigenvalue weighted by Gasteiger charge is 2.13. The molecule has 0 radical (unpaired) electrons. The number of benzene rings is 1. The summed E-state index contributed by atoms with van der Waals surface area (Å²) in [5.41, 5.74) is 2.10. The molecule has 0 fully saturated rings. The van der Waals surface area contributed by atoms with Gasteiger partial charge in [-0.15, -0.1) is 0 Å². The fourth-order valence-electron chi connectivity index (χ4n) is 2.32. The summed E-state index contributed by atoms with van der Waals surface area (Å²) in [5.74, 6) is 1.20. The second-order valence-electron chi connectivity index (χ2n) is 5.78. The fourth-order valence-corrected chi connectivity index (χ4v) is 2.88. The van der Waals surface area contributed by atoms with Crippen LogP contribution in [0.15, 0.2) is 24.5 Å². The summed E-state index contributed by atoms with van der Waals surface area (Å²) < 4.78 is 2.84. The van der Waals surface area contributed by atoms with E-state index in [-0.39, 0.29) is 5.75 Å². The summed E-state index contributed by atoms with van der Waals surface area (Å²) in [7, 11) is 1.86. The van der Waals surface area contributed by atoms with Crippen molar-refractivity contribution in [2.45, 2.75) is 19.6 Å². The van der Waals surface area contributed by atoms with Gasteiger partial charge in [-0.2, -0.15) is 9.97 Å². The minimum atomic E-state index is -0.509. The molecular formula is C16H19IN6O2. The number of rotatable bonds is 6. The number of phenolic OH excluding ortho intramolecular Hbond substituents is 1. The van der Waals surface area contributed by atoms with Crippen LogP contribution in [-0.2, 0) is 13.6 Å². The van der Waals surface area contributed by atoms with E-state index in [9.17, 15) is 10.2 Å². The molecule has 0 spiro atoms. The first-order chi connectivity index (χ1) is 11.9. The molecule has 132 valence electrons. The third-order valence-corrected chi connectivity index (χ3v) is 4.27. The number of imidazole rings is 1. The topological polar surface area (TPSA) is 108 Å². The second-order valence-corrected chi connectivity index (χ2v) is 7.03. The molecule has 9 heteroatoms. The molecule has 0 aliphatic rings. The molecule has 1 atom stereocenters. The van der Waals surface area contributed by atoms with E-state index in [1.165, 1.54) is 0 Å². The lowest BCUT2D eigenvalue weighted by Gasteiger charge is -2.11. The van der Waals surface area contributed by atoms with Gasteiger partial charge in [-0.3, -0.25) is 0 Å². The van der Waals surface area contributed by atoms with Crippen LogP contribution in [0.4, 0.5) is 11.8 Å². The van der Waals surface area contributed by atoms with Crippen LogP contribution in [0.1, 0.15) is 12.5 Å². The van der Waals surface area contributed by atoms with Gasteiger partial charge in [0.2, 0.25) is 5.95 Å². The number of nitrogens with zero attached hydrogens (tertiary/aromatic N) is 4. The fraction of sp³-hybridized carbons (Fsp3) is 0.312. The molecule has 8 nitrogen and oxygen atoms in total. The Morgan fingerprint density at radius 2 is 2.08 bits per heavy atom. The van der Waals surface area contributed by atoms with Gasteiger partial charge in [0.05, 0.1) is 12.4 Å². The number of aromatic hydroxyl groups is 1. The first-order valence-corrected chi connectivity index (χ1v) is 8.84. The van der Waals surface area contributed by atoms with Crippen LogP contribution < -0.4 is 10.6 Å². The van der Waals surface area contributed by atoms with Crippen LogP contribution in [0.25, 0.3) is 11.2 Å². The number of hydrogen-bond acceptors (Lipinski definition) is 7. The zero-order chi connectivity index (χ0) is 18.0. The van der Waals surface area contributed by atoms with Gasteiger partial charge in [-0.05, 0) is 47.7 Å². The van der Waals surface area contributed by atoms with Crippen LogP contribution >= 0.6 is 22.6 Å². The van der Waals surface area contributed by atoms with Gasteiger partial charge in [0.1, 0.15) is 5.75 Å². The Morgan fingerprint density at radius 3 is 2.84 bits per heavy atom. The Balaban J connectivity index is 1.89. The summed E-state index contributed by atoms with van der Waals surface area (Å²) in [4.78, 5) is 13.2. The van der Waals surface area contributed by atoms with Gasteiger partial charge in [0.15, 0.2) is 17.0 Å². The average molecular weight is 454 g/mol. The molecule has 0 saturated heterocycles. The second kappa shape index (κ2) is 7.40.